The molecule has 1 amide bonds. The van der Waals surface area contributed by atoms with Crippen molar-refractivity contribution >= 4 is 50.2 Å². The average Bonchev–Trinajstić information content (AvgIpc) is 3.21. The van der Waals surface area contributed by atoms with Gasteiger partial charge in [0.25, 0.3) is 11.6 Å². The molecule has 3 aromatic rings. The summed E-state index contributed by atoms with van der Waals surface area (Å²) in [6, 6.07) is 18.7. The van der Waals surface area contributed by atoms with E-state index in [1.54, 1.807) is 31.2 Å². The van der Waals surface area contributed by atoms with Crippen molar-refractivity contribution in [2.24, 2.45) is 0 Å². The Balaban J connectivity index is 1.70. The lowest BCUT2D eigenvalue weighted by molar-refractivity contribution is -0.384. The summed E-state index contributed by atoms with van der Waals surface area (Å²) < 4.78 is 31.9. The lowest BCUT2D eigenvalue weighted by atomic mass is 9.99. The van der Waals surface area contributed by atoms with Gasteiger partial charge in [0.05, 0.1) is 27.7 Å². The van der Waals surface area contributed by atoms with E-state index in [9.17, 15) is 28.1 Å². The Hall–Kier alpha value is -4.55. The van der Waals surface area contributed by atoms with Crippen LogP contribution in [0.2, 0.25) is 0 Å². The highest BCUT2D eigenvalue weighted by atomic mass is 32.2. The number of benzene rings is 3. The summed E-state index contributed by atoms with van der Waals surface area (Å²) in [4.78, 5) is 35.2. The minimum Gasteiger partial charge on any atom is -0.465 e. The lowest BCUT2D eigenvalue weighted by Crippen LogP contribution is -2.30. The molecule has 0 saturated heterocycles. The second-order valence-electron chi connectivity index (χ2n) is 7.84. The highest BCUT2D eigenvalue weighted by Gasteiger charge is 2.30. The SMILES string of the molecule is CCOC(=O)CNS(=O)(=O)c1ccc(N/C(=C2\C(=O)Nc3ccc([N+](=O)[O-])cc32)c2ccccc2)cc1. The number of esters is 1. The number of hydrogen-bond acceptors (Lipinski definition) is 8. The molecule has 1 aliphatic heterocycles. The molecule has 1 heterocycles. The molecule has 11 nitrogen and oxygen atoms in total. The van der Waals surface area contributed by atoms with Crippen LogP contribution >= 0.6 is 0 Å². The van der Waals surface area contributed by atoms with E-state index in [-0.39, 0.29) is 22.8 Å². The van der Waals surface area contributed by atoms with Gasteiger partial charge in [0, 0.05) is 29.1 Å². The second kappa shape index (κ2) is 10.6. The van der Waals surface area contributed by atoms with Gasteiger partial charge in [0.15, 0.2) is 0 Å². The van der Waals surface area contributed by atoms with E-state index < -0.39 is 33.4 Å². The molecule has 0 aliphatic carbocycles. The van der Waals surface area contributed by atoms with Gasteiger partial charge in [-0.15, -0.1) is 0 Å². The fourth-order valence-electron chi connectivity index (χ4n) is 3.71. The standard InChI is InChI=1S/C25H22N4O7S/c1-2-36-22(30)15-26-37(34,35)19-11-8-17(9-12-19)27-24(16-6-4-3-5-7-16)23-20-14-18(29(32)33)10-13-21(20)28-25(23)31/h3-14,26-27H,2,15H2,1H3,(H,28,31)/b24-23-. The Kier molecular flexibility index (Phi) is 7.32. The molecular formula is C25H22N4O7S. The molecular weight excluding hydrogens is 500 g/mol. The summed E-state index contributed by atoms with van der Waals surface area (Å²) in [5.41, 5.74) is 2.33. The van der Waals surface area contributed by atoms with Crippen molar-refractivity contribution in [2.45, 2.75) is 11.8 Å². The summed E-state index contributed by atoms with van der Waals surface area (Å²) in [5, 5.41) is 17.2. The lowest BCUT2D eigenvalue weighted by Gasteiger charge is -2.15. The van der Waals surface area contributed by atoms with Crippen molar-refractivity contribution in [3.05, 3.63) is 94.0 Å². The van der Waals surface area contributed by atoms with Crippen LogP contribution in [0.4, 0.5) is 17.1 Å². The van der Waals surface area contributed by atoms with E-state index in [1.807, 2.05) is 6.07 Å². The second-order valence-corrected chi connectivity index (χ2v) is 9.60. The Morgan fingerprint density at radius 1 is 1.05 bits per heavy atom. The van der Waals surface area contributed by atoms with Crippen molar-refractivity contribution in [1.82, 2.24) is 4.72 Å². The molecule has 3 aromatic carbocycles. The first-order valence-corrected chi connectivity index (χ1v) is 12.6. The number of nitro benzene ring substituents is 1. The van der Waals surface area contributed by atoms with Crippen LogP contribution in [0.25, 0.3) is 11.3 Å². The van der Waals surface area contributed by atoms with Crippen LogP contribution in [-0.2, 0) is 24.3 Å². The number of sulfonamides is 1. The summed E-state index contributed by atoms with van der Waals surface area (Å²) in [5.74, 6) is -1.14. The zero-order valence-corrected chi connectivity index (χ0v) is 20.4. The molecule has 0 fully saturated rings. The minimum atomic E-state index is -3.97. The maximum Gasteiger partial charge on any atom is 0.321 e. The zero-order chi connectivity index (χ0) is 26.6. The van der Waals surface area contributed by atoms with Crippen molar-refractivity contribution in [3.63, 3.8) is 0 Å². The Morgan fingerprint density at radius 2 is 1.76 bits per heavy atom. The molecule has 0 unspecified atom stereocenters. The van der Waals surface area contributed by atoms with Gasteiger partial charge in [-0.05, 0) is 42.8 Å². The topological polar surface area (TPSA) is 157 Å². The summed E-state index contributed by atoms with van der Waals surface area (Å²) in [6.45, 7) is 1.25. The summed E-state index contributed by atoms with van der Waals surface area (Å²) >= 11 is 0. The highest BCUT2D eigenvalue weighted by Crippen LogP contribution is 2.39. The van der Waals surface area contributed by atoms with Crippen molar-refractivity contribution < 1.29 is 27.7 Å². The number of ether oxygens (including phenoxy) is 1. The van der Waals surface area contributed by atoms with Crippen molar-refractivity contribution in [3.8, 4) is 0 Å². The number of hydrogen-bond donors (Lipinski definition) is 3. The first-order valence-electron chi connectivity index (χ1n) is 11.1. The van der Waals surface area contributed by atoms with Crippen LogP contribution in [0.15, 0.2) is 77.7 Å². The number of nitrogens with one attached hydrogen (secondary N) is 3. The predicted molar refractivity (Wildman–Crippen MR) is 137 cm³/mol. The van der Waals surface area contributed by atoms with Crippen molar-refractivity contribution in [1.29, 1.82) is 0 Å². The molecule has 0 aromatic heterocycles. The van der Waals surface area contributed by atoms with Gasteiger partial charge < -0.3 is 15.4 Å². The van der Waals surface area contributed by atoms with Gasteiger partial charge in [0.2, 0.25) is 10.0 Å². The highest BCUT2D eigenvalue weighted by molar-refractivity contribution is 7.89. The van der Waals surface area contributed by atoms with Gasteiger partial charge in [0.1, 0.15) is 6.54 Å². The number of fused-ring (bicyclic) bond motifs is 1. The van der Waals surface area contributed by atoms with Gasteiger partial charge in [-0.1, -0.05) is 30.3 Å². The summed E-state index contributed by atoms with van der Waals surface area (Å²) in [6.07, 6.45) is 0. The van der Waals surface area contributed by atoms with Gasteiger partial charge in [-0.2, -0.15) is 4.72 Å². The molecule has 12 heteroatoms. The van der Waals surface area contributed by atoms with E-state index in [4.69, 9.17) is 4.74 Å². The minimum absolute atomic E-state index is 0.0733. The van der Waals surface area contributed by atoms with Crippen molar-refractivity contribution in [2.75, 3.05) is 23.8 Å². The van der Waals surface area contributed by atoms with Gasteiger partial charge in [-0.3, -0.25) is 19.7 Å². The van der Waals surface area contributed by atoms with E-state index in [0.29, 0.717) is 28.2 Å². The number of rotatable bonds is 9. The smallest absolute Gasteiger partial charge is 0.321 e. The molecule has 0 saturated carbocycles. The maximum atomic E-state index is 13.0. The number of non-ortho nitro benzene ring substituents is 1. The molecule has 4 rings (SSSR count). The number of anilines is 2. The third kappa shape index (κ3) is 5.66. The van der Waals surface area contributed by atoms with E-state index in [0.717, 1.165) is 0 Å². The van der Waals surface area contributed by atoms with Gasteiger partial charge >= 0.3 is 5.97 Å². The van der Waals surface area contributed by atoms with E-state index in [1.165, 1.54) is 42.5 Å². The third-order valence-electron chi connectivity index (χ3n) is 5.42. The molecule has 0 spiro atoms. The monoisotopic (exact) mass is 522 g/mol. The van der Waals surface area contributed by atoms with E-state index in [2.05, 4.69) is 15.4 Å². The Bertz CT molecular complexity index is 1500. The Morgan fingerprint density at radius 3 is 2.41 bits per heavy atom. The van der Waals surface area contributed by atoms with Crippen LogP contribution in [0.1, 0.15) is 18.1 Å². The average molecular weight is 523 g/mol. The molecule has 3 N–H and O–H groups in total. The number of carbonyl (C=O) groups excluding carboxylic acids is 2. The first kappa shape index (κ1) is 25.5. The molecule has 0 bridgehead atoms. The molecule has 0 radical (unpaired) electrons. The first-order chi connectivity index (χ1) is 17.7. The largest absolute Gasteiger partial charge is 0.465 e. The number of amides is 1. The van der Waals surface area contributed by atoms with Crippen LogP contribution in [-0.4, -0.2) is 38.4 Å². The molecule has 37 heavy (non-hydrogen) atoms. The fourth-order valence-corrected chi connectivity index (χ4v) is 4.68. The zero-order valence-electron chi connectivity index (χ0n) is 19.6. The normalized spacial score (nSPS) is 13.9. The molecule has 1 aliphatic rings. The third-order valence-corrected chi connectivity index (χ3v) is 6.83. The van der Waals surface area contributed by atoms with Crippen LogP contribution in [0, 0.1) is 10.1 Å². The van der Waals surface area contributed by atoms with Gasteiger partial charge in [-0.25, -0.2) is 8.42 Å². The predicted octanol–water partition coefficient (Wildman–Crippen LogP) is 3.37. The summed E-state index contributed by atoms with van der Waals surface area (Å²) in [7, 11) is -3.97. The van der Waals surface area contributed by atoms with Crippen LogP contribution in [0.3, 0.4) is 0 Å². The number of carbonyl (C=O) groups is 2. The Labute approximate surface area is 212 Å². The van der Waals surface area contributed by atoms with E-state index >= 15 is 0 Å². The molecule has 190 valence electrons. The quantitative estimate of drug-likeness (QED) is 0.167. The molecule has 0 atom stereocenters. The number of nitro groups is 1. The van der Waals surface area contributed by atoms with Crippen LogP contribution in [0.5, 0.6) is 0 Å². The fraction of sp³-hybridized carbons (Fsp3) is 0.120. The van der Waals surface area contributed by atoms with Crippen LogP contribution < -0.4 is 15.4 Å². The number of nitrogens with zero attached hydrogens (tertiary/aromatic N) is 1. The maximum absolute atomic E-state index is 13.0.